The smallest absolute Gasteiger partial charge is 0.209 e. The Balaban J connectivity index is 2.17. The minimum atomic E-state index is 0.341. The molecule has 1 heterocycles. The van der Waals surface area contributed by atoms with Crippen LogP contribution in [0, 0.1) is 11.3 Å². The van der Waals surface area contributed by atoms with Crippen molar-refractivity contribution in [2.45, 2.75) is 32.9 Å². The quantitative estimate of drug-likeness (QED) is 0.834. The zero-order valence-electron chi connectivity index (χ0n) is 11.3. The number of rotatable bonds is 5. The lowest BCUT2D eigenvalue weighted by molar-refractivity contribution is 0.199. The summed E-state index contributed by atoms with van der Waals surface area (Å²) in [7, 11) is 0. The molecule has 0 aliphatic carbocycles. The van der Waals surface area contributed by atoms with Crippen molar-refractivity contribution in [2.75, 3.05) is 12.3 Å². The van der Waals surface area contributed by atoms with Crippen LogP contribution in [0.2, 0.25) is 0 Å². The molecule has 1 aromatic carbocycles. The highest BCUT2D eigenvalue weighted by atomic mass is 16.3. The van der Waals surface area contributed by atoms with Crippen LogP contribution in [-0.4, -0.2) is 22.5 Å². The Hall–Kier alpha value is -2.06. The molecule has 1 aromatic heterocycles. The van der Waals surface area contributed by atoms with E-state index in [1.165, 1.54) is 0 Å². The van der Waals surface area contributed by atoms with E-state index < -0.39 is 0 Å². The van der Waals surface area contributed by atoms with Gasteiger partial charge in [0.25, 0.3) is 0 Å². The van der Waals surface area contributed by atoms with Gasteiger partial charge in [-0.25, -0.2) is 4.98 Å². The van der Waals surface area contributed by atoms with E-state index >= 15 is 0 Å². The van der Waals surface area contributed by atoms with Crippen molar-refractivity contribution in [1.29, 1.82) is 5.26 Å². The summed E-state index contributed by atoms with van der Waals surface area (Å²) in [6.45, 7) is 5.51. The molecule has 0 aliphatic heterocycles. The van der Waals surface area contributed by atoms with E-state index in [9.17, 15) is 0 Å². The molecule has 5 heteroatoms. The summed E-state index contributed by atoms with van der Waals surface area (Å²) >= 11 is 0. The molecule has 0 unspecified atom stereocenters. The van der Waals surface area contributed by atoms with E-state index in [2.05, 4.69) is 29.8 Å². The predicted octanol–water partition coefficient (Wildman–Crippen LogP) is 2.53. The van der Waals surface area contributed by atoms with Gasteiger partial charge in [-0.3, -0.25) is 4.90 Å². The highest BCUT2D eigenvalue weighted by Gasteiger charge is 2.14. The van der Waals surface area contributed by atoms with Crippen LogP contribution in [0.4, 0.5) is 5.69 Å². The van der Waals surface area contributed by atoms with Crippen molar-refractivity contribution in [1.82, 2.24) is 9.88 Å². The molecule has 0 aliphatic rings. The van der Waals surface area contributed by atoms with Gasteiger partial charge in [0, 0.05) is 24.7 Å². The van der Waals surface area contributed by atoms with Crippen molar-refractivity contribution in [3.05, 3.63) is 24.1 Å². The standard InChI is InChI=1S/C14H18N4O/c1-10(2)18(7-3-6-15)9-14-17-12-8-11(16)4-5-13(12)19-14/h4-5,8,10H,3,7,9,16H2,1-2H3. The molecule has 2 N–H and O–H groups in total. The number of nitrogens with zero attached hydrogens (tertiary/aromatic N) is 3. The number of nitrogens with two attached hydrogens (primary N) is 1. The van der Waals surface area contributed by atoms with E-state index in [1.807, 2.05) is 6.07 Å². The summed E-state index contributed by atoms with van der Waals surface area (Å²) in [5.41, 5.74) is 7.92. The molecule has 0 amide bonds. The molecule has 0 spiro atoms. The highest BCUT2D eigenvalue weighted by molar-refractivity contribution is 5.76. The normalized spacial score (nSPS) is 11.3. The number of nitriles is 1. The first-order valence-corrected chi connectivity index (χ1v) is 6.36. The Morgan fingerprint density at radius 2 is 2.26 bits per heavy atom. The molecule has 0 bridgehead atoms. The van der Waals surface area contributed by atoms with Gasteiger partial charge in [-0.05, 0) is 32.0 Å². The largest absolute Gasteiger partial charge is 0.439 e. The van der Waals surface area contributed by atoms with Gasteiger partial charge in [0.05, 0.1) is 12.6 Å². The molecular weight excluding hydrogens is 240 g/mol. The monoisotopic (exact) mass is 258 g/mol. The van der Waals surface area contributed by atoms with E-state index in [0.717, 1.165) is 17.6 Å². The Labute approximate surface area is 112 Å². The molecule has 0 saturated carbocycles. The number of hydrogen-bond donors (Lipinski definition) is 1. The minimum Gasteiger partial charge on any atom is -0.439 e. The third-order valence-corrected chi connectivity index (χ3v) is 3.04. The zero-order valence-corrected chi connectivity index (χ0v) is 11.3. The average molecular weight is 258 g/mol. The van der Waals surface area contributed by atoms with Gasteiger partial charge in [0.15, 0.2) is 5.58 Å². The average Bonchev–Trinajstić information content (AvgIpc) is 2.75. The number of benzene rings is 1. The molecule has 2 aromatic rings. The topological polar surface area (TPSA) is 79.1 Å². The van der Waals surface area contributed by atoms with Crippen molar-refractivity contribution in [2.24, 2.45) is 0 Å². The molecule has 0 fully saturated rings. The fourth-order valence-electron chi connectivity index (χ4n) is 1.95. The second-order valence-corrected chi connectivity index (χ2v) is 4.81. The number of oxazole rings is 1. The Kier molecular flexibility index (Phi) is 4.03. The van der Waals surface area contributed by atoms with Crippen LogP contribution in [-0.2, 0) is 6.54 Å². The predicted molar refractivity (Wildman–Crippen MR) is 74.2 cm³/mol. The number of nitrogen functional groups attached to an aromatic ring is 1. The number of anilines is 1. The summed E-state index contributed by atoms with van der Waals surface area (Å²) in [5, 5.41) is 8.68. The van der Waals surface area contributed by atoms with Crippen molar-refractivity contribution in [3.63, 3.8) is 0 Å². The molecule has 0 atom stereocenters. The lowest BCUT2D eigenvalue weighted by Gasteiger charge is -2.23. The molecule has 5 nitrogen and oxygen atoms in total. The van der Waals surface area contributed by atoms with Gasteiger partial charge < -0.3 is 10.2 Å². The summed E-state index contributed by atoms with van der Waals surface area (Å²) in [6, 6.07) is 7.94. The number of fused-ring (bicyclic) bond motifs is 1. The third-order valence-electron chi connectivity index (χ3n) is 3.04. The van der Waals surface area contributed by atoms with Gasteiger partial charge in [-0.15, -0.1) is 0 Å². The van der Waals surface area contributed by atoms with Gasteiger partial charge in [-0.2, -0.15) is 5.26 Å². The lowest BCUT2D eigenvalue weighted by Crippen LogP contribution is -2.31. The first-order chi connectivity index (χ1) is 9.10. The van der Waals surface area contributed by atoms with Crippen molar-refractivity contribution < 1.29 is 4.42 Å². The Bertz CT molecular complexity index is 597. The van der Waals surface area contributed by atoms with Crippen LogP contribution < -0.4 is 5.73 Å². The lowest BCUT2D eigenvalue weighted by atomic mass is 10.3. The summed E-state index contributed by atoms with van der Waals surface area (Å²) in [5.74, 6) is 0.659. The SMILES string of the molecule is CC(C)N(CCC#N)Cc1nc2cc(N)ccc2o1. The maximum Gasteiger partial charge on any atom is 0.209 e. The molecule has 0 radical (unpaired) electrons. The van der Waals surface area contributed by atoms with Gasteiger partial charge in [-0.1, -0.05) is 0 Å². The van der Waals surface area contributed by atoms with Crippen LogP contribution in [0.3, 0.4) is 0 Å². The van der Waals surface area contributed by atoms with Gasteiger partial charge >= 0.3 is 0 Å². The van der Waals surface area contributed by atoms with E-state index in [-0.39, 0.29) is 0 Å². The molecule has 100 valence electrons. The van der Waals surface area contributed by atoms with Crippen molar-refractivity contribution in [3.8, 4) is 6.07 Å². The number of aromatic nitrogens is 1. The van der Waals surface area contributed by atoms with Gasteiger partial charge in [0.1, 0.15) is 5.52 Å². The summed E-state index contributed by atoms with van der Waals surface area (Å²) in [4.78, 5) is 6.60. The molecule has 0 saturated heterocycles. The fourth-order valence-corrected chi connectivity index (χ4v) is 1.95. The second kappa shape index (κ2) is 5.72. The second-order valence-electron chi connectivity index (χ2n) is 4.81. The summed E-state index contributed by atoms with van der Waals surface area (Å²) in [6.07, 6.45) is 0.505. The van der Waals surface area contributed by atoms with E-state index in [1.54, 1.807) is 12.1 Å². The first kappa shape index (κ1) is 13.4. The fraction of sp³-hybridized carbons (Fsp3) is 0.429. The van der Waals surface area contributed by atoms with Crippen LogP contribution in [0.25, 0.3) is 11.1 Å². The highest BCUT2D eigenvalue weighted by Crippen LogP contribution is 2.19. The summed E-state index contributed by atoms with van der Waals surface area (Å²) < 4.78 is 5.69. The van der Waals surface area contributed by atoms with Crippen molar-refractivity contribution >= 4 is 16.8 Å². The van der Waals surface area contributed by atoms with Gasteiger partial charge in [0.2, 0.25) is 5.89 Å². The van der Waals surface area contributed by atoms with E-state index in [0.29, 0.717) is 30.6 Å². The Morgan fingerprint density at radius 3 is 2.95 bits per heavy atom. The molecule has 2 rings (SSSR count). The molecular formula is C14H18N4O. The van der Waals surface area contributed by atoms with E-state index in [4.69, 9.17) is 15.4 Å². The number of hydrogen-bond acceptors (Lipinski definition) is 5. The molecule has 19 heavy (non-hydrogen) atoms. The van der Waals surface area contributed by atoms with Crippen LogP contribution in [0.5, 0.6) is 0 Å². The van der Waals surface area contributed by atoms with Crippen LogP contribution in [0.15, 0.2) is 22.6 Å². The first-order valence-electron chi connectivity index (χ1n) is 6.36. The maximum absolute atomic E-state index is 8.68. The Morgan fingerprint density at radius 1 is 1.47 bits per heavy atom. The third kappa shape index (κ3) is 3.24. The van der Waals surface area contributed by atoms with Crippen LogP contribution >= 0.6 is 0 Å². The van der Waals surface area contributed by atoms with Crippen LogP contribution in [0.1, 0.15) is 26.2 Å². The maximum atomic E-state index is 8.68. The zero-order chi connectivity index (χ0) is 13.8. The minimum absolute atomic E-state index is 0.341.